The van der Waals surface area contributed by atoms with E-state index >= 15 is 0 Å². The van der Waals surface area contributed by atoms with E-state index in [0.717, 1.165) is 0 Å². The van der Waals surface area contributed by atoms with Gasteiger partial charge in [-0.05, 0) is 52.3 Å². The van der Waals surface area contributed by atoms with Gasteiger partial charge in [0, 0.05) is 11.3 Å². The lowest BCUT2D eigenvalue weighted by Gasteiger charge is -2.26. The average Bonchev–Trinajstić information content (AvgIpc) is 2.49. The Morgan fingerprint density at radius 1 is 1.37 bits per heavy atom. The summed E-state index contributed by atoms with van der Waals surface area (Å²) in [5.74, 6) is -0.910. The van der Waals surface area contributed by atoms with Crippen LogP contribution in [0.1, 0.15) is 44.5 Å². The van der Waals surface area contributed by atoms with Crippen molar-refractivity contribution in [3.05, 3.63) is 29.6 Å². The van der Waals surface area contributed by atoms with Crippen molar-refractivity contribution in [1.29, 1.82) is 0 Å². The van der Waals surface area contributed by atoms with Crippen molar-refractivity contribution in [2.45, 2.75) is 45.3 Å². The topological polar surface area (TPSA) is 52.3 Å². The van der Waals surface area contributed by atoms with Crippen LogP contribution in [-0.4, -0.2) is 17.0 Å². The number of anilines is 1. The smallest absolute Gasteiger partial charge is 0.171 e. The fourth-order valence-corrected chi connectivity index (χ4v) is 2.90. The Balaban J connectivity index is 2.37. The maximum Gasteiger partial charge on any atom is 0.171 e. The van der Waals surface area contributed by atoms with Gasteiger partial charge >= 0.3 is 0 Å². The molecule has 104 valence electrons. The zero-order valence-electron chi connectivity index (χ0n) is 11.8. The summed E-state index contributed by atoms with van der Waals surface area (Å²) in [5.41, 5.74) is 5.42. The second-order valence-electron chi connectivity index (χ2n) is 6.32. The summed E-state index contributed by atoms with van der Waals surface area (Å²) >= 11 is 0. The van der Waals surface area contributed by atoms with Crippen molar-refractivity contribution in [3.8, 4) is 0 Å². The zero-order chi connectivity index (χ0) is 14.4. The third kappa shape index (κ3) is 2.63. The van der Waals surface area contributed by atoms with Gasteiger partial charge in [-0.15, -0.1) is 0 Å². The summed E-state index contributed by atoms with van der Waals surface area (Å²) < 4.78 is 19.2. The Kier molecular flexibility index (Phi) is 3.17. The quantitative estimate of drug-likeness (QED) is 0.660. The number of nitrogens with two attached hydrogens (primary N) is 1. The summed E-state index contributed by atoms with van der Waals surface area (Å²) in [6.45, 7) is 7.69. The highest BCUT2D eigenvalue weighted by Crippen LogP contribution is 2.43. The lowest BCUT2D eigenvalue weighted by Crippen LogP contribution is -2.34. The van der Waals surface area contributed by atoms with E-state index in [1.807, 2.05) is 27.7 Å². The number of nitrogen functional groups attached to an aromatic ring is 1. The lowest BCUT2D eigenvalue weighted by atomic mass is 9.81. The molecule has 2 N–H and O–H groups in total. The van der Waals surface area contributed by atoms with Gasteiger partial charge in [0.1, 0.15) is 5.82 Å². The van der Waals surface area contributed by atoms with Gasteiger partial charge in [-0.2, -0.15) is 0 Å². The number of ether oxygens (including phenoxy) is 1. The second-order valence-corrected chi connectivity index (χ2v) is 6.32. The Labute approximate surface area is 112 Å². The Morgan fingerprint density at radius 3 is 2.53 bits per heavy atom. The first-order chi connectivity index (χ1) is 8.62. The average molecular weight is 265 g/mol. The molecule has 0 saturated carbocycles. The molecule has 0 radical (unpaired) electrons. The van der Waals surface area contributed by atoms with Crippen LogP contribution in [0.2, 0.25) is 0 Å². The number of rotatable bonds is 2. The molecule has 1 saturated heterocycles. The van der Waals surface area contributed by atoms with Crippen LogP contribution < -0.4 is 5.73 Å². The van der Waals surface area contributed by atoms with E-state index in [2.05, 4.69) is 0 Å². The van der Waals surface area contributed by atoms with Crippen LogP contribution in [0.25, 0.3) is 0 Å². The van der Waals surface area contributed by atoms with Crippen LogP contribution in [0.3, 0.4) is 0 Å². The molecule has 4 heteroatoms. The molecule has 1 aliphatic heterocycles. The van der Waals surface area contributed by atoms with Gasteiger partial charge in [0.2, 0.25) is 0 Å². The fraction of sp³-hybridized carbons (Fsp3) is 0.533. The highest BCUT2D eigenvalue weighted by molar-refractivity contribution is 6.03. The van der Waals surface area contributed by atoms with Gasteiger partial charge < -0.3 is 10.5 Å². The molecule has 3 nitrogen and oxygen atoms in total. The predicted molar refractivity (Wildman–Crippen MR) is 72.5 cm³/mol. The van der Waals surface area contributed by atoms with Gasteiger partial charge in [0.15, 0.2) is 5.78 Å². The third-order valence-corrected chi connectivity index (χ3v) is 3.67. The number of Topliss-reactive ketones (excluding diaryl/α,β-unsaturated/α-hetero) is 1. The maximum atomic E-state index is 13.3. The largest absolute Gasteiger partial charge is 0.398 e. The molecule has 1 heterocycles. The highest BCUT2D eigenvalue weighted by atomic mass is 19.1. The predicted octanol–water partition coefficient (Wildman–Crippen LogP) is 3.18. The molecule has 0 aliphatic carbocycles. The molecule has 0 amide bonds. The molecular formula is C15H20FNO2. The van der Waals surface area contributed by atoms with Crippen molar-refractivity contribution in [1.82, 2.24) is 0 Å². The molecule has 1 aromatic rings. The molecule has 1 fully saturated rings. The van der Waals surface area contributed by atoms with E-state index in [0.29, 0.717) is 12.1 Å². The van der Waals surface area contributed by atoms with Crippen molar-refractivity contribution >= 4 is 11.5 Å². The van der Waals surface area contributed by atoms with Crippen molar-refractivity contribution < 1.29 is 13.9 Å². The van der Waals surface area contributed by atoms with Gasteiger partial charge in [0.05, 0.1) is 17.1 Å². The molecule has 1 unspecified atom stereocenters. The Hall–Kier alpha value is -1.42. The summed E-state index contributed by atoms with van der Waals surface area (Å²) in [7, 11) is 0. The molecule has 19 heavy (non-hydrogen) atoms. The molecule has 1 aromatic carbocycles. The summed E-state index contributed by atoms with van der Waals surface area (Å²) in [6, 6.07) is 3.89. The minimum Gasteiger partial charge on any atom is -0.398 e. The summed E-state index contributed by atoms with van der Waals surface area (Å²) in [6.07, 6.45) is 0.606. The van der Waals surface area contributed by atoms with E-state index in [1.165, 1.54) is 18.2 Å². The van der Waals surface area contributed by atoms with Crippen molar-refractivity contribution in [3.63, 3.8) is 0 Å². The van der Waals surface area contributed by atoms with Crippen molar-refractivity contribution in [2.75, 3.05) is 5.73 Å². The highest BCUT2D eigenvalue weighted by Gasteiger charge is 2.49. The molecule has 1 aliphatic rings. The van der Waals surface area contributed by atoms with Crippen LogP contribution in [0.15, 0.2) is 18.2 Å². The van der Waals surface area contributed by atoms with Crippen molar-refractivity contribution in [2.24, 2.45) is 5.92 Å². The second kappa shape index (κ2) is 4.30. The van der Waals surface area contributed by atoms with E-state index in [1.54, 1.807) is 0 Å². The standard InChI is InChI=1S/C15H20FNO2/c1-14(2)8-11(15(3,4)19-14)13(18)10-7-9(16)5-6-12(10)17/h5-7,11H,8,17H2,1-4H3. The fourth-order valence-electron chi connectivity index (χ4n) is 2.90. The minimum absolute atomic E-state index is 0.146. The van der Waals surface area contributed by atoms with Crippen LogP contribution >= 0.6 is 0 Å². The molecular weight excluding hydrogens is 245 g/mol. The molecule has 2 rings (SSSR count). The van der Waals surface area contributed by atoms with Gasteiger partial charge in [-0.25, -0.2) is 4.39 Å². The van der Waals surface area contributed by atoms with Gasteiger partial charge in [-0.1, -0.05) is 0 Å². The number of benzene rings is 1. The number of hydrogen-bond acceptors (Lipinski definition) is 3. The molecule has 1 atom stereocenters. The zero-order valence-corrected chi connectivity index (χ0v) is 11.8. The summed E-state index contributed by atoms with van der Waals surface area (Å²) in [5, 5.41) is 0. The van der Waals surface area contributed by atoms with Gasteiger partial charge in [0.25, 0.3) is 0 Å². The number of carbonyl (C=O) groups excluding carboxylic acids is 1. The third-order valence-electron chi connectivity index (χ3n) is 3.67. The first kappa shape index (κ1) is 14.0. The Bertz CT molecular complexity index is 523. The van der Waals surface area contributed by atoms with Gasteiger partial charge in [-0.3, -0.25) is 4.79 Å². The normalized spacial score (nSPS) is 24.4. The van der Waals surface area contributed by atoms with E-state index < -0.39 is 11.4 Å². The first-order valence-corrected chi connectivity index (χ1v) is 6.42. The van der Waals surface area contributed by atoms with Crippen LogP contribution in [0, 0.1) is 11.7 Å². The number of hydrogen-bond donors (Lipinski definition) is 1. The van der Waals surface area contributed by atoms with Crippen LogP contribution in [-0.2, 0) is 4.74 Å². The number of ketones is 1. The first-order valence-electron chi connectivity index (χ1n) is 6.42. The van der Waals surface area contributed by atoms with Crippen LogP contribution in [0.5, 0.6) is 0 Å². The minimum atomic E-state index is -0.570. The maximum absolute atomic E-state index is 13.3. The number of halogens is 1. The van der Waals surface area contributed by atoms with Crippen LogP contribution in [0.4, 0.5) is 10.1 Å². The van der Waals surface area contributed by atoms with E-state index in [9.17, 15) is 9.18 Å². The van der Waals surface area contributed by atoms with E-state index in [4.69, 9.17) is 10.5 Å². The lowest BCUT2D eigenvalue weighted by molar-refractivity contribution is -0.0712. The Morgan fingerprint density at radius 2 is 2.00 bits per heavy atom. The van der Waals surface area contributed by atoms with E-state index in [-0.39, 0.29) is 22.9 Å². The summed E-state index contributed by atoms with van der Waals surface area (Å²) in [4.78, 5) is 12.6. The SMILES string of the molecule is CC1(C)CC(C(=O)c2cc(F)ccc2N)C(C)(C)O1. The molecule has 0 aromatic heterocycles. The molecule has 0 spiro atoms. The molecule has 0 bridgehead atoms. The number of carbonyl (C=O) groups is 1. The monoisotopic (exact) mass is 265 g/mol.